The largest absolute Gasteiger partial charge is 0.394 e. The third-order valence-electron chi connectivity index (χ3n) is 3.08. The average molecular weight is 332 g/mol. The van der Waals surface area contributed by atoms with Gasteiger partial charge in [0.25, 0.3) is 0 Å². The normalized spacial score (nSPS) is 24.5. The van der Waals surface area contributed by atoms with Gasteiger partial charge in [-0.1, -0.05) is 0 Å². The van der Waals surface area contributed by atoms with E-state index < -0.39 is 27.0 Å². The summed E-state index contributed by atoms with van der Waals surface area (Å²) in [5.74, 6) is 0.302. The number of hydrogen-bond donors (Lipinski definition) is 6. The van der Waals surface area contributed by atoms with Crippen LogP contribution in [0.4, 0.5) is 5.82 Å². The van der Waals surface area contributed by atoms with Gasteiger partial charge in [0.15, 0.2) is 11.5 Å². The first-order valence-electron chi connectivity index (χ1n) is 6.24. The molecule has 1 aliphatic rings. The molecule has 1 fully saturated rings. The molecule has 3 heterocycles. The Bertz CT molecular complexity index is 622. The quantitative estimate of drug-likeness (QED) is 0.343. The summed E-state index contributed by atoms with van der Waals surface area (Å²) in [6.07, 6.45) is 1.60. The third kappa shape index (κ3) is 3.65. The molecule has 0 radical (unpaired) electrons. The van der Waals surface area contributed by atoms with Gasteiger partial charge in [0, 0.05) is 6.42 Å². The summed E-state index contributed by atoms with van der Waals surface area (Å²) in [6.45, 7) is -0.221. The van der Waals surface area contributed by atoms with Gasteiger partial charge >= 0.3 is 0 Å². The van der Waals surface area contributed by atoms with E-state index in [4.69, 9.17) is 25.4 Å². The van der Waals surface area contributed by atoms with Crippen LogP contribution < -0.4 is 11.2 Å². The van der Waals surface area contributed by atoms with E-state index in [0.717, 1.165) is 0 Å². The maximum absolute atomic E-state index is 9.71. The van der Waals surface area contributed by atoms with E-state index >= 15 is 0 Å². The van der Waals surface area contributed by atoms with Crippen molar-refractivity contribution in [3.05, 3.63) is 12.7 Å². The van der Waals surface area contributed by atoms with Crippen molar-refractivity contribution in [1.29, 1.82) is 0 Å². The minimum atomic E-state index is -2.12. The Morgan fingerprint density at radius 2 is 2.05 bits per heavy atom. The van der Waals surface area contributed by atoms with Gasteiger partial charge in [0.05, 0.1) is 19.0 Å². The van der Waals surface area contributed by atoms with E-state index in [-0.39, 0.29) is 6.61 Å². The van der Waals surface area contributed by atoms with Crippen LogP contribution in [0.15, 0.2) is 12.7 Å². The number of aromatic nitrogens is 4. The lowest BCUT2D eigenvalue weighted by Crippen LogP contribution is -2.24. The van der Waals surface area contributed by atoms with Gasteiger partial charge in [0.1, 0.15) is 24.2 Å². The van der Waals surface area contributed by atoms with Crippen LogP contribution in [0.2, 0.25) is 0 Å². The maximum Gasteiger partial charge on any atom is 0.247 e. The van der Waals surface area contributed by atoms with Crippen LogP contribution in [0.3, 0.4) is 0 Å². The van der Waals surface area contributed by atoms with E-state index in [9.17, 15) is 5.11 Å². The zero-order valence-corrected chi connectivity index (χ0v) is 12.3. The third-order valence-corrected chi connectivity index (χ3v) is 3.08. The van der Waals surface area contributed by atoms with Crippen molar-refractivity contribution in [2.45, 2.75) is 24.9 Å². The highest BCUT2D eigenvalue weighted by atomic mass is 31.2. The summed E-state index contributed by atoms with van der Waals surface area (Å²) < 4.78 is 7.22. The number of aliphatic hydroxyl groups is 2. The highest BCUT2D eigenvalue weighted by Crippen LogP contribution is 2.30. The van der Waals surface area contributed by atoms with Gasteiger partial charge in [-0.15, -0.1) is 0 Å². The molecule has 0 aliphatic carbocycles. The predicted molar refractivity (Wildman–Crippen MR) is 76.9 cm³/mol. The molecule has 11 nitrogen and oxygen atoms in total. The van der Waals surface area contributed by atoms with Gasteiger partial charge in [-0.3, -0.25) is 10.1 Å². The molecule has 0 saturated carbocycles. The van der Waals surface area contributed by atoms with Crippen LogP contribution in [0.5, 0.6) is 0 Å². The number of nitrogens with zero attached hydrogens (tertiary/aromatic N) is 4. The maximum atomic E-state index is 9.71. The monoisotopic (exact) mass is 332 g/mol. The topological polar surface area (TPSA) is 186 Å². The van der Waals surface area contributed by atoms with Gasteiger partial charge < -0.3 is 30.5 Å². The molecule has 2 aromatic rings. The van der Waals surface area contributed by atoms with E-state index in [1.807, 2.05) is 0 Å². The SMILES string of the molecule is NP(O)O.Nc1ncnc2c1ncn2[C@H]1C[C@H](O)[C@@H](CO)O1. The number of fused-ring (bicyclic) bond motifs is 1. The highest BCUT2D eigenvalue weighted by molar-refractivity contribution is 7.42. The van der Waals surface area contributed by atoms with Crippen molar-refractivity contribution in [2.24, 2.45) is 5.50 Å². The fourth-order valence-electron chi connectivity index (χ4n) is 2.13. The van der Waals surface area contributed by atoms with Crippen molar-refractivity contribution >= 4 is 25.5 Å². The molecule has 8 N–H and O–H groups in total. The number of ether oxygens (including phenoxy) is 1. The molecule has 122 valence electrons. The summed E-state index contributed by atoms with van der Waals surface area (Å²) in [7, 11) is -2.12. The molecule has 0 unspecified atom stereocenters. The van der Waals surface area contributed by atoms with Gasteiger partial charge in [-0.25, -0.2) is 15.0 Å². The van der Waals surface area contributed by atoms with Gasteiger partial charge in [-0.2, -0.15) is 0 Å². The van der Waals surface area contributed by atoms with Crippen LogP contribution >= 0.6 is 8.53 Å². The van der Waals surface area contributed by atoms with Crippen LogP contribution in [0, 0.1) is 0 Å². The van der Waals surface area contributed by atoms with Crippen LogP contribution in [0.25, 0.3) is 11.2 Å². The number of anilines is 1. The van der Waals surface area contributed by atoms with E-state index in [0.29, 0.717) is 23.4 Å². The molecule has 12 heteroatoms. The Labute approximate surface area is 126 Å². The summed E-state index contributed by atoms with van der Waals surface area (Å²) in [5, 5.41) is 18.8. The molecule has 0 spiro atoms. The molecule has 0 amide bonds. The Morgan fingerprint density at radius 3 is 2.64 bits per heavy atom. The number of nitrogen functional groups attached to an aromatic ring is 1. The second-order valence-corrected chi connectivity index (χ2v) is 5.16. The first-order valence-corrected chi connectivity index (χ1v) is 7.55. The smallest absolute Gasteiger partial charge is 0.247 e. The van der Waals surface area contributed by atoms with Gasteiger partial charge in [-0.05, 0) is 0 Å². The van der Waals surface area contributed by atoms with Crippen LogP contribution in [-0.4, -0.2) is 58.3 Å². The lowest BCUT2D eigenvalue weighted by atomic mass is 10.2. The zero-order chi connectivity index (χ0) is 16.3. The molecule has 1 saturated heterocycles. The number of hydrogen-bond acceptors (Lipinski definition) is 10. The zero-order valence-electron chi connectivity index (χ0n) is 11.4. The molecule has 2 aromatic heterocycles. The molecule has 1 aliphatic heterocycles. The molecular formula is C10H17N6O5P. The number of imidazole rings is 1. The summed E-state index contributed by atoms with van der Waals surface area (Å²) in [6, 6.07) is 0. The van der Waals surface area contributed by atoms with E-state index in [2.05, 4.69) is 20.5 Å². The molecular weight excluding hydrogens is 315 g/mol. The molecule has 3 atom stereocenters. The van der Waals surface area contributed by atoms with Crippen molar-refractivity contribution in [3.63, 3.8) is 0 Å². The van der Waals surface area contributed by atoms with Crippen molar-refractivity contribution in [2.75, 3.05) is 12.3 Å². The van der Waals surface area contributed by atoms with Crippen LogP contribution in [0.1, 0.15) is 12.6 Å². The minimum Gasteiger partial charge on any atom is -0.394 e. The standard InChI is InChI=1S/C10H13N5O3.H4NO2P/c11-9-8-10(13-3-12-9)15(4-14-8)7-1-5(17)6(2-16)18-7;1-4(2)3/h3-7,16-17H,1-2H2,(H2,11,12,13);2-3H,1H2/t5-,6+,7+;/m0./s1. The summed E-state index contributed by atoms with van der Waals surface area (Å²) >= 11 is 0. The molecule has 22 heavy (non-hydrogen) atoms. The van der Waals surface area contributed by atoms with E-state index in [1.54, 1.807) is 10.9 Å². The predicted octanol–water partition coefficient (Wildman–Crippen LogP) is -1.79. The highest BCUT2D eigenvalue weighted by Gasteiger charge is 2.35. The average Bonchev–Trinajstić information content (AvgIpc) is 3.02. The first kappa shape index (κ1) is 16.9. The Morgan fingerprint density at radius 1 is 1.36 bits per heavy atom. The first-order chi connectivity index (χ1) is 10.4. The Hall–Kier alpha value is -1.46. The molecule has 3 rings (SSSR count). The molecule has 0 bridgehead atoms. The minimum absolute atomic E-state index is 0.221. The van der Waals surface area contributed by atoms with Crippen molar-refractivity contribution in [1.82, 2.24) is 19.5 Å². The van der Waals surface area contributed by atoms with Crippen molar-refractivity contribution in [3.8, 4) is 0 Å². The Balaban J connectivity index is 0.000000396. The number of nitrogens with two attached hydrogens (primary N) is 2. The lowest BCUT2D eigenvalue weighted by molar-refractivity contribution is -0.0432. The summed E-state index contributed by atoms with van der Waals surface area (Å²) in [4.78, 5) is 27.0. The number of rotatable bonds is 2. The number of aliphatic hydroxyl groups excluding tert-OH is 2. The fourth-order valence-corrected chi connectivity index (χ4v) is 2.13. The second kappa shape index (κ2) is 7.20. The van der Waals surface area contributed by atoms with E-state index in [1.165, 1.54) is 6.33 Å². The lowest BCUT2D eigenvalue weighted by Gasteiger charge is -2.13. The molecule has 0 aromatic carbocycles. The van der Waals surface area contributed by atoms with Gasteiger partial charge in [0.2, 0.25) is 8.53 Å². The fraction of sp³-hybridized carbons (Fsp3) is 0.500. The van der Waals surface area contributed by atoms with Crippen molar-refractivity contribution < 1.29 is 24.7 Å². The Kier molecular flexibility index (Phi) is 5.53. The van der Waals surface area contributed by atoms with Crippen LogP contribution in [-0.2, 0) is 4.74 Å². The second-order valence-electron chi connectivity index (χ2n) is 4.52. The summed E-state index contributed by atoms with van der Waals surface area (Å²) in [5.41, 5.74) is 11.0.